The number of rotatable bonds is 3. The van der Waals surface area contributed by atoms with Gasteiger partial charge in [0.05, 0.1) is 29.6 Å². The van der Waals surface area contributed by atoms with E-state index in [-0.39, 0.29) is 18.2 Å². The van der Waals surface area contributed by atoms with Crippen LogP contribution in [0.4, 0.5) is 5.82 Å². The van der Waals surface area contributed by atoms with Crippen molar-refractivity contribution in [2.75, 3.05) is 38.1 Å². The number of aryl methyl sites for hydroxylation is 1. The Bertz CT molecular complexity index is 1030. The molecule has 0 amide bonds. The molecule has 2 aliphatic rings. The van der Waals surface area contributed by atoms with Gasteiger partial charge in [-0.2, -0.15) is 0 Å². The zero-order valence-electron chi connectivity index (χ0n) is 17.7. The van der Waals surface area contributed by atoms with E-state index in [4.69, 9.17) is 4.98 Å². The molecule has 158 valence electrons. The lowest BCUT2D eigenvalue weighted by Crippen LogP contribution is -2.45. The molecule has 2 fully saturated rings. The average Bonchev–Trinajstić information content (AvgIpc) is 3.19. The Morgan fingerprint density at radius 2 is 1.83 bits per heavy atom. The quantitative estimate of drug-likeness (QED) is 0.696. The van der Waals surface area contributed by atoms with Crippen molar-refractivity contribution in [1.82, 2.24) is 24.6 Å². The second-order valence-corrected chi connectivity index (χ2v) is 8.67. The fourth-order valence-electron chi connectivity index (χ4n) is 4.75. The fraction of sp³-hybridized carbons (Fsp3) is 0.478. The molecule has 2 saturated heterocycles. The Hall–Kier alpha value is -2.48. The van der Waals surface area contributed by atoms with Gasteiger partial charge in [-0.25, -0.2) is 4.98 Å². The van der Waals surface area contributed by atoms with E-state index in [1.807, 2.05) is 12.3 Å². The summed E-state index contributed by atoms with van der Waals surface area (Å²) >= 11 is 0. The molecule has 3 unspecified atom stereocenters. The number of aromatic nitrogens is 3. The number of fused-ring (bicyclic) bond motifs is 1. The monoisotopic (exact) mass is 406 g/mol. The molecular formula is C23H30N6O. The van der Waals surface area contributed by atoms with Crippen LogP contribution in [0.3, 0.4) is 0 Å². The van der Waals surface area contributed by atoms with E-state index >= 15 is 0 Å². The van der Waals surface area contributed by atoms with Crippen LogP contribution < -0.4 is 10.2 Å². The molecule has 5 rings (SSSR count). The van der Waals surface area contributed by atoms with E-state index in [2.05, 4.69) is 68.9 Å². The molecule has 0 spiro atoms. The smallest absolute Gasteiger partial charge is 0.138 e. The van der Waals surface area contributed by atoms with Crippen molar-refractivity contribution < 1.29 is 5.11 Å². The summed E-state index contributed by atoms with van der Waals surface area (Å²) in [5.41, 5.74) is 4.10. The predicted molar refractivity (Wildman–Crippen MR) is 118 cm³/mol. The largest absolute Gasteiger partial charge is 0.393 e. The normalized spacial score (nSPS) is 25.7. The van der Waals surface area contributed by atoms with Gasteiger partial charge >= 0.3 is 0 Å². The Morgan fingerprint density at radius 3 is 2.63 bits per heavy atom. The molecule has 0 radical (unpaired) electrons. The van der Waals surface area contributed by atoms with Crippen LogP contribution in [-0.2, 0) is 0 Å². The molecular weight excluding hydrogens is 376 g/mol. The molecule has 3 aromatic heterocycles. The summed E-state index contributed by atoms with van der Waals surface area (Å²) < 4.78 is 2.20. The number of aliphatic hydroxyl groups is 1. The minimum Gasteiger partial charge on any atom is -0.393 e. The minimum absolute atomic E-state index is 0.000366. The Balaban J connectivity index is 1.44. The molecule has 30 heavy (non-hydrogen) atoms. The van der Waals surface area contributed by atoms with Gasteiger partial charge in [0.15, 0.2) is 0 Å². The van der Waals surface area contributed by atoms with Crippen LogP contribution in [0, 0.1) is 6.92 Å². The van der Waals surface area contributed by atoms with Crippen molar-refractivity contribution in [3.8, 4) is 0 Å². The Morgan fingerprint density at radius 1 is 1.03 bits per heavy atom. The van der Waals surface area contributed by atoms with E-state index in [0.29, 0.717) is 12.8 Å². The van der Waals surface area contributed by atoms with Crippen molar-refractivity contribution in [3.63, 3.8) is 0 Å². The van der Waals surface area contributed by atoms with Crippen LogP contribution in [-0.4, -0.2) is 63.7 Å². The second-order valence-electron chi connectivity index (χ2n) is 8.67. The summed E-state index contributed by atoms with van der Waals surface area (Å²) in [6.07, 6.45) is 4.93. The Kier molecular flexibility index (Phi) is 5.18. The number of imidazole rings is 1. The van der Waals surface area contributed by atoms with E-state index in [0.717, 1.165) is 48.8 Å². The zero-order chi connectivity index (χ0) is 20.7. The summed E-state index contributed by atoms with van der Waals surface area (Å²) in [7, 11) is 2.17. The first kappa shape index (κ1) is 19.5. The summed E-state index contributed by atoms with van der Waals surface area (Å²) in [5, 5.41) is 14.3. The third-order valence-corrected chi connectivity index (χ3v) is 6.47. The molecule has 2 aliphatic heterocycles. The SMILES string of the molecule is Cc1cccnc1C1CC(O)CC(c2cn3c(N4CCN(C)CC4)cccc3n2)N1. The minimum atomic E-state index is -0.371. The molecule has 5 heterocycles. The number of piperidine rings is 1. The van der Waals surface area contributed by atoms with Crippen LogP contribution >= 0.6 is 0 Å². The zero-order valence-corrected chi connectivity index (χ0v) is 17.7. The number of anilines is 1. The van der Waals surface area contributed by atoms with Crippen LogP contribution in [0.15, 0.2) is 42.7 Å². The van der Waals surface area contributed by atoms with Gasteiger partial charge < -0.3 is 20.2 Å². The van der Waals surface area contributed by atoms with Crippen molar-refractivity contribution in [1.29, 1.82) is 0 Å². The lowest BCUT2D eigenvalue weighted by atomic mass is 9.91. The molecule has 7 heteroatoms. The average molecular weight is 407 g/mol. The molecule has 0 saturated carbocycles. The summed E-state index contributed by atoms with van der Waals surface area (Å²) in [5.74, 6) is 1.19. The maximum atomic E-state index is 10.6. The number of pyridine rings is 2. The second kappa shape index (κ2) is 7.98. The van der Waals surface area contributed by atoms with Crippen LogP contribution in [0.25, 0.3) is 5.65 Å². The third-order valence-electron chi connectivity index (χ3n) is 6.47. The molecule has 0 bridgehead atoms. The van der Waals surface area contributed by atoms with E-state index in [1.54, 1.807) is 0 Å². The van der Waals surface area contributed by atoms with Gasteiger partial charge in [0, 0.05) is 38.6 Å². The fourth-order valence-corrected chi connectivity index (χ4v) is 4.75. The standard InChI is InChI=1S/C23H30N6O/c1-16-5-4-8-24-23(16)19-14-17(30)13-18(25-19)20-15-29-21(26-20)6-3-7-22(29)28-11-9-27(2)10-12-28/h3-8,15,17-19,25,30H,9-14H2,1-2H3. The Labute approximate surface area is 177 Å². The van der Waals surface area contributed by atoms with Crippen LogP contribution in [0.5, 0.6) is 0 Å². The van der Waals surface area contributed by atoms with Crippen molar-refractivity contribution in [3.05, 3.63) is 59.7 Å². The highest BCUT2D eigenvalue weighted by Gasteiger charge is 2.32. The van der Waals surface area contributed by atoms with Gasteiger partial charge in [-0.15, -0.1) is 0 Å². The summed E-state index contributed by atoms with van der Waals surface area (Å²) in [6.45, 7) is 6.25. The summed E-state index contributed by atoms with van der Waals surface area (Å²) in [6, 6.07) is 10.4. The van der Waals surface area contributed by atoms with Gasteiger partial charge in [0.25, 0.3) is 0 Å². The molecule has 3 atom stereocenters. The maximum Gasteiger partial charge on any atom is 0.138 e. The highest BCUT2D eigenvalue weighted by atomic mass is 16.3. The predicted octanol–water partition coefficient (Wildman–Crippen LogP) is 2.32. The molecule has 0 aliphatic carbocycles. The summed E-state index contributed by atoms with van der Waals surface area (Å²) in [4.78, 5) is 14.3. The molecule has 7 nitrogen and oxygen atoms in total. The van der Waals surface area contributed by atoms with Crippen LogP contribution in [0.2, 0.25) is 0 Å². The number of nitrogens with one attached hydrogen (secondary N) is 1. The van der Waals surface area contributed by atoms with Crippen molar-refractivity contribution in [2.45, 2.75) is 38.0 Å². The lowest BCUT2D eigenvalue weighted by Gasteiger charge is -2.34. The van der Waals surface area contributed by atoms with Gasteiger partial charge in [-0.3, -0.25) is 9.38 Å². The van der Waals surface area contributed by atoms with Crippen molar-refractivity contribution >= 4 is 11.5 Å². The number of aliphatic hydroxyl groups excluding tert-OH is 1. The van der Waals surface area contributed by atoms with Gasteiger partial charge in [-0.1, -0.05) is 12.1 Å². The van der Waals surface area contributed by atoms with Gasteiger partial charge in [0.2, 0.25) is 0 Å². The molecule has 2 N–H and O–H groups in total. The topological polar surface area (TPSA) is 68.9 Å². The first-order valence-electron chi connectivity index (χ1n) is 10.9. The van der Waals surface area contributed by atoms with E-state index < -0.39 is 0 Å². The number of piperazine rings is 1. The number of hydrogen-bond donors (Lipinski definition) is 2. The van der Waals surface area contributed by atoms with Crippen LogP contribution in [0.1, 0.15) is 41.9 Å². The lowest BCUT2D eigenvalue weighted by molar-refractivity contribution is 0.0913. The van der Waals surface area contributed by atoms with Crippen molar-refractivity contribution in [2.24, 2.45) is 0 Å². The first-order chi connectivity index (χ1) is 14.6. The number of likely N-dealkylation sites (N-methyl/N-ethyl adjacent to an activating group) is 1. The first-order valence-corrected chi connectivity index (χ1v) is 10.9. The third kappa shape index (κ3) is 3.69. The number of hydrogen-bond acceptors (Lipinski definition) is 6. The van der Waals surface area contributed by atoms with E-state index in [9.17, 15) is 5.11 Å². The number of nitrogens with zero attached hydrogens (tertiary/aromatic N) is 5. The molecule has 0 aromatic carbocycles. The van der Waals surface area contributed by atoms with E-state index in [1.165, 1.54) is 5.82 Å². The highest BCUT2D eigenvalue weighted by Crippen LogP contribution is 2.33. The highest BCUT2D eigenvalue weighted by molar-refractivity contribution is 5.53. The molecule has 3 aromatic rings. The maximum absolute atomic E-state index is 10.6. The van der Waals surface area contributed by atoms with Gasteiger partial charge in [0.1, 0.15) is 11.5 Å². The van der Waals surface area contributed by atoms with Gasteiger partial charge in [-0.05, 0) is 50.6 Å².